The molecule has 3 N–H and O–H groups in total. The largest absolute Gasteiger partial charge is 0.512 e. The summed E-state index contributed by atoms with van der Waals surface area (Å²) in [5, 5.41) is 31.0. The van der Waals surface area contributed by atoms with Gasteiger partial charge in [-0.15, -0.1) is 0 Å². The van der Waals surface area contributed by atoms with Crippen molar-refractivity contribution >= 4 is 5.97 Å². The van der Waals surface area contributed by atoms with Crippen LogP contribution in [-0.2, 0) is 16.0 Å². The minimum atomic E-state index is -0.606. The standard InChI is InChI=1S/C29H46O5/c1-2-3-4-5-6-7-8-9-13-16-25(30)20-26(31)18-24(17-23-14-11-10-12-15-23)19-28-21-27(32)22-29(33)34-28/h10-12,14-15,22,24-26,28,30-32H,2-9,13,16-21H2,1H3. The smallest absolute Gasteiger partial charge is 0.334 e. The molecule has 2 rings (SSSR count). The number of carbonyl (C=O) groups is 1. The van der Waals surface area contributed by atoms with Crippen LogP contribution in [0.4, 0.5) is 0 Å². The monoisotopic (exact) mass is 474 g/mol. The molecular weight excluding hydrogens is 428 g/mol. The van der Waals surface area contributed by atoms with Gasteiger partial charge in [0.15, 0.2) is 0 Å². The van der Waals surface area contributed by atoms with Crippen LogP contribution in [0.3, 0.4) is 0 Å². The average molecular weight is 475 g/mol. The molecule has 0 aliphatic carbocycles. The third-order valence-electron chi connectivity index (χ3n) is 6.76. The highest BCUT2D eigenvalue weighted by molar-refractivity contribution is 5.83. The second-order valence-corrected chi connectivity index (χ2v) is 10.1. The van der Waals surface area contributed by atoms with Gasteiger partial charge in [-0.2, -0.15) is 0 Å². The zero-order valence-corrected chi connectivity index (χ0v) is 21.0. The van der Waals surface area contributed by atoms with E-state index in [1.165, 1.54) is 44.9 Å². The Morgan fingerprint density at radius 1 is 0.912 bits per heavy atom. The fourth-order valence-electron chi connectivity index (χ4n) is 4.99. The van der Waals surface area contributed by atoms with E-state index in [1.54, 1.807) is 0 Å². The van der Waals surface area contributed by atoms with Crippen molar-refractivity contribution in [1.29, 1.82) is 0 Å². The van der Waals surface area contributed by atoms with Gasteiger partial charge >= 0.3 is 5.97 Å². The first kappa shape index (κ1) is 28.4. The van der Waals surface area contributed by atoms with Crippen molar-refractivity contribution in [3.05, 3.63) is 47.7 Å². The predicted molar refractivity (Wildman–Crippen MR) is 137 cm³/mol. The molecule has 0 spiro atoms. The predicted octanol–water partition coefficient (Wildman–Crippen LogP) is 6.42. The number of rotatable bonds is 18. The van der Waals surface area contributed by atoms with Crippen LogP contribution in [0.5, 0.6) is 0 Å². The third-order valence-corrected chi connectivity index (χ3v) is 6.76. The Morgan fingerprint density at radius 3 is 2.21 bits per heavy atom. The molecule has 5 heteroatoms. The Balaban J connectivity index is 1.72. The quantitative estimate of drug-likeness (QED) is 0.169. The number of cyclic esters (lactones) is 1. The molecule has 0 fully saturated rings. The first-order chi connectivity index (χ1) is 16.5. The molecule has 1 aliphatic rings. The summed E-state index contributed by atoms with van der Waals surface area (Å²) in [7, 11) is 0. The summed E-state index contributed by atoms with van der Waals surface area (Å²) in [5.41, 5.74) is 1.16. The summed E-state index contributed by atoms with van der Waals surface area (Å²) >= 11 is 0. The molecule has 0 aromatic heterocycles. The molecule has 4 atom stereocenters. The Labute approximate surface area is 206 Å². The van der Waals surface area contributed by atoms with E-state index in [2.05, 4.69) is 19.1 Å². The van der Waals surface area contributed by atoms with E-state index in [0.717, 1.165) is 37.3 Å². The first-order valence-electron chi connectivity index (χ1n) is 13.5. The lowest BCUT2D eigenvalue weighted by Crippen LogP contribution is -2.28. The van der Waals surface area contributed by atoms with E-state index < -0.39 is 18.2 Å². The van der Waals surface area contributed by atoms with E-state index in [-0.39, 0.29) is 17.8 Å². The zero-order valence-electron chi connectivity index (χ0n) is 21.0. The molecule has 192 valence electrons. The summed E-state index contributed by atoms with van der Waals surface area (Å²) in [4.78, 5) is 11.7. The van der Waals surface area contributed by atoms with Crippen molar-refractivity contribution in [2.45, 2.75) is 122 Å². The maximum absolute atomic E-state index is 11.7. The molecule has 0 amide bonds. The van der Waals surface area contributed by atoms with E-state index >= 15 is 0 Å². The molecule has 4 unspecified atom stereocenters. The molecule has 0 saturated carbocycles. The van der Waals surface area contributed by atoms with E-state index in [9.17, 15) is 20.1 Å². The van der Waals surface area contributed by atoms with Gasteiger partial charge in [0, 0.05) is 6.42 Å². The third kappa shape index (κ3) is 12.6. The number of aliphatic hydroxyl groups is 3. The number of ether oxygens (including phenoxy) is 1. The van der Waals surface area contributed by atoms with Gasteiger partial charge in [-0.3, -0.25) is 0 Å². The van der Waals surface area contributed by atoms with Gasteiger partial charge < -0.3 is 20.1 Å². The summed E-state index contributed by atoms with van der Waals surface area (Å²) in [5.74, 6) is -0.373. The highest BCUT2D eigenvalue weighted by Gasteiger charge is 2.27. The highest BCUT2D eigenvalue weighted by Crippen LogP contribution is 2.27. The average Bonchev–Trinajstić information content (AvgIpc) is 2.78. The highest BCUT2D eigenvalue weighted by atomic mass is 16.5. The van der Waals surface area contributed by atoms with Crippen LogP contribution in [-0.4, -0.2) is 39.6 Å². The molecule has 0 bridgehead atoms. The Bertz CT molecular complexity index is 702. The second kappa shape index (κ2) is 16.7. The van der Waals surface area contributed by atoms with Gasteiger partial charge in [0.1, 0.15) is 11.9 Å². The van der Waals surface area contributed by atoms with Gasteiger partial charge in [0.05, 0.1) is 18.3 Å². The van der Waals surface area contributed by atoms with Crippen molar-refractivity contribution in [3.8, 4) is 0 Å². The van der Waals surface area contributed by atoms with Gasteiger partial charge in [-0.25, -0.2) is 4.79 Å². The van der Waals surface area contributed by atoms with Crippen LogP contribution >= 0.6 is 0 Å². The fourth-order valence-corrected chi connectivity index (χ4v) is 4.99. The van der Waals surface area contributed by atoms with Crippen LogP contribution in [0.2, 0.25) is 0 Å². The maximum Gasteiger partial charge on any atom is 0.334 e. The van der Waals surface area contributed by atoms with Gasteiger partial charge in [0.25, 0.3) is 0 Å². The normalized spacial score (nSPS) is 18.7. The van der Waals surface area contributed by atoms with Gasteiger partial charge in [0.2, 0.25) is 0 Å². The molecule has 1 heterocycles. The van der Waals surface area contributed by atoms with Gasteiger partial charge in [-0.1, -0.05) is 95.0 Å². The number of esters is 1. The number of hydrogen-bond donors (Lipinski definition) is 3. The molecule has 0 radical (unpaired) electrons. The Hall–Kier alpha value is -1.85. The summed E-state index contributed by atoms with van der Waals surface area (Å²) in [6, 6.07) is 10.1. The SMILES string of the molecule is CCCCCCCCCCCC(O)CC(O)CC(Cc1ccccc1)CC1CC(O)=CC(=O)O1. The van der Waals surface area contributed by atoms with E-state index in [1.807, 2.05) is 18.2 Å². The maximum atomic E-state index is 11.7. The lowest BCUT2D eigenvalue weighted by Gasteiger charge is -2.27. The van der Waals surface area contributed by atoms with Crippen molar-refractivity contribution in [3.63, 3.8) is 0 Å². The lowest BCUT2D eigenvalue weighted by molar-refractivity contribution is -0.146. The number of unbranched alkanes of at least 4 members (excludes halogenated alkanes) is 8. The van der Waals surface area contributed by atoms with E-state index in [4.69, 9.17) is 4.74 Å². The second-order valence-electron chi connectivity index (χ2n) is 10.1. The Morgan fingerprint density at radius 2 is 1.56 bits per heavy atom. The first-order valence-corrected chi connectivity index (χ1v) is 13.5. The number of hydrogen-bond acceptors (Lipinski definition) is 5. The lowest BCUT2D eigenvalue weighted by atomic mass is 9.86. The Kier molecular flexibility index (Phi) is 14.0. The minimum absolute atomic E-state index is 0.0524. The molecule has 1 aromatic carbocycles. The molecule has 1 aliphatic heterocycles. The van der Waals surface area contributed by atoms with Crippen molar-refractivity contribution in [2.24, 2.45) is 5.92 Å². The minimum Gasteiger partial charge on any atom is -0.512 e. The summed E-state index contributed by atoms with van der Waals surface area (Å²) in [6.07, 6.45) is 14.2. The molecule has 34 heavy (non-hydrogen) atoms. The fraction of sp³-hybridized carbons (Fsp3) is 0.690. The van der Waals surface area contributed by atoms with Crippen LogP contribution < -0.4 is 0 Å². The molecular formula is C29H46O5. The van der Waals surface area contributed by atoms with Crippen LogP contribution in [0.15, 0.2) is 42.2 Å². The van der Waals surface area contributed by atoms with Crippen molar-refractivity contribution in [2.75, 3.05) is 0 Å². The number of benzene rings is 1. The molecule has 1 aromatic rings. The van der Waals surface area contributed by atoms with E-state index in [0.29, 0.717) is 25.7 Å². The molecule has 0 saturated heterocycles. The number of aliphatic hydroxyl groups excluding tert-OH is 3. The topological polar surface area (TPSA) is 87.0 Å². The summed E-state index contributed by atoms with van der Waals surface area (Å²) < 4.78 is 5.39. The zero-order chi connectivity index (χ0) is 24.6. The van der Waals surface area contributed by atoms with Gasteiger partial charge in [-0.05, 0) is 43.6 Å². The van der Waals surface area contributed by atoms with Crippen LogP contribution in [0, 0.1) is 5.92 Å². The van der Waals surface area contributed by atoms with Crippen molar-refractivity contribution in [1.82, 2.24) is 0 Å². The van der Waals surface area contributed by atoms with Crippen LogP contribution in [0.25, 0.3) is 0 Å². The summed E-state index contributed by atoms with van der Waals surface area (Å²) in [6.45, 7) is 2.24. The molecule has 5 nitrogen and oxygen atoms in total. The van der Waals surface area contributed by atoms with Crippen molar-refractivity contribution < 1.29 is 24.9 Å². The van der Waals surface area contributed by atoms with Crippen LogP contribution in [0.1, 0.15) is 102 Å². The number of carbonyl (C=O) groups excluding carboxylic acids is 1.